The first-order valence-corrected chi connectivity index (χ1v) is 7.14. The Hall–Kier alpha value is -2.22. The molecule has 0 radical (unpaired) electrons. The van der Waals surface area contributed by atoms with E-state index in [9.17, 15) is 14.9 Å². The third-order valence-electron chi connectivity index (χ3n) is 3.17. The van der Waals surface area contributed by atoms with Crippen molar-refractivity contribution in [2.24, 2.45) is 0 Å². The second kappa shape index (κ2) is 5.28. The van der Waals surface area contributed by atoms with E-state index in [-0.39, 0.29) is 17.4 Å². The average Bonchev–Trinajstić information content (AvgIpc) is 3.17. The lowest BCUT2D eigenvalue weighted by Crippen LogP contribution is -2.17. The highest BCUT2D eigenvalue weighted by molar-refractivity contribution is 9.10. The van der Waals surface area contributed by atoms with Gasteiger partial charge in [0.25, 0.3) is 11.6 Å². The molecule has 0 spiro atoms. The fourth-order valence-electron chi connectivity index (χ4n) is 2.06. The number of halogens is 1. The molecule has 8 heteroatoms. The molecule has 21 heavy (non-hydrogen) atoms. The molecule has 0 aromatic carbocycles. The highest BCUT2D eigenvalue weighted by Crippen LogP contribution is 2.38. The topological polar surface area (TPSA) is 90.1 Å². The van der Waals surface area contributed by atoms with Crippen molar-refractivity contribution in [1.82, 2.24) is 9.55 Å². The van der Waals surface area contributed by atoms with Crippen molar-refractivity contribution in [3.63, 3.8) is 0 Å². The van der Waals surface area contributed by atoms with Crippen LogP contribution in [0, 0.1) is 10.1 Å². The lowest BCUT2D eigenvalue weighted by Gasteiger charge is -2.07. The Bertz CT molecular complexity index is 724. The molecule has 0 aliphatic heterocycles. The van der Waals surface area contributed by atoms with Crippen molar-refractivity contribution < 1.29 is 9.72 Å². The monoisotopic (exact) mass is 350 g/mol. The van der Waals surface area contributed by atoms with Gasteiger partial charge in [-0.05, 0) is 40.9 Å². The highest BCUT2D eigenvalue weighted by Gasteiger charge is 2.30. The molecule has 2 aromatic heterocycles. The van der Waals surface area contributed by atoms with Crippen molar-refractivity contribution in [3.05, 3.63) is 50.9 Å². The van der Waals surface area contributed by atoms with E-state index in [4.69, 9.17) is 0 Å². The first-order chi connectivity index (χ1) is 10.0. The summed E-state index contributed by atoms with van der Waals surface area (Å²) in [5.74, 6) is -0.0128. The van der Waals surface area contributed by atoms with Crippen molar-refractivity contribution in [2.45, 2.75) is 18.9 Å². The van der Waals surface area contributed by atoms with Crippen LogP contribution in [-0.2, 0) is 0 Å². The Morgan fingerprint density at radius 3 is 2.86 bits per heavy atom. The Morgan fingerprint density at radius 1 is 1.48 bits per heavy atom. The van der Waals surface area contributed by atoms with Crippen molar-refractivity contribution in [3.8, 4) is 0 Å². The minimum absolute atomic E-state index is 0.0748. The molecule has 0 unspecified atom stereocenters. The lowest BCUT2D eigenvalue weighted by atomic mass is 10.3. The maximum atomic E-state index is 12.3. The van der Waals surface area contributed by atoms with Crippen LogP contribution in [0.3, 0.4) is 0 Å². The highest BCUT2D eigenvalue weighted by atomic mass is 79.9. The van der Waals surface area contributed by atoms with Crippen LogP contribution in [0.5, 0.6) is 0 Å². The summed E-state index contributed by atoms with van der Waals surface area (Å²) in [6.45, 7) is 0. The molecule has 0 atom stereocenters. The quantitative estimate of drug-likeness (QED) is 0.521. The normalized spacial score (nSPS) is 14.0. The van der Waals surface area contributed by atoms with E-state index in [2.05, 4.69) is 26.2 Å². The zero-order valence-electron chi connectivity index (χ0n) is 10.8. The molecule has 1 saturated carbocycles. The van der Waals surface area contributed by atoms with Crippen LogP contribution >= 0.6 is 15.9 Å². The van der Waals surface area contributed by atoms with Gasteiger partial charge in [-0.15, -0.1) is 0 Å². The summed E-state index contributed by atoms with van der Waals surface area (Å²) in [4.78, 5) is 26.8. The van der Waals surface area contributed by atoms with Gasteiger partial charge in [0.2, 0.25) is 0 Å². The first kappa shape index (κ1) is 13.7. The second-order valence-corrected chi connectivity index (χ2v) is 5.59. The van der Waals surface area contributed by atoms with Crippen molar-refractivity contribution >= 4 is 33.3 Å². The molecule has 0 bridgehead atoms. The zero-order valence-corrected chi connectivity index (χ0v) is 12.4. The van der Waals surface area contributed by atoms with Gasteiger partial charge in [0.1, 0.15) is 16.1 Å². The van der Waals surface area contributed by atoms with E-state index in [0.717, 1.165) is 12.8 Å². The maximum Gasteiger partial charge on any atom is 0.287 e. The molecule has 1 N–H and O–H groups in total. The Labute approximate surface area is 128 Å². The fraction of sp³-hybridized carbons (Fsp3) is 0.231. The summed E-state index contributed by atoms with van der Waals surface area (Å²) in [5, 5.41) is 13.5. The van der Waals surface area contributed by atoms with E-state index in [1.54, 1.807) is 22.8 Å². The Balaban J connectivity index is 1.88. The molecule has 2 heterocycles. The number of hydrogen-bond donors (Lipinski definition) is 1. The summed E-state index contributed by atoms with van der Waals surface area (Å²) >= 11 is 3.22. The summed E-state index contributed by atoms with van der Waals surface area (Å²) in [5.41, 5.74) is 0.209. The summed E-state index contributed by atoms with van der Waals surface area (Å²) in [6.07, 6.45) is 3.28. The molecule has 108 valence electrons. The molecular weight excluding hydrogens is 340 g/mol. The smallest absolute Gasteiger partial charge is 0.287 e. The predicted molar refractivity (Wildman–Crippen MR) is 79.2 cm³/mol. The zero-order chi connectivity index (χ0) is 15.0. The van der Waals surface area contributed by atoms with Crippen molar-refractivity contribution in [2.75, 3.05) is 5.32 Å². The number of nitrogens with zero attached hydrogens (tertiary/aromatic N) is 3. The summed E-state index contributed by atoms with van der Waals surface area (Å²) < 4.78 is 2.27. The first-order valence-electron chi connectivity index (χ1n) is 6.35. The van der Waals surface area contributed by atoms with Gasteiger partial charge in [-0.3, -0.25) is 14.9 Å². The SMILES string of the molecule is O=C(Nc1cccc(Br)n1)c1cc([N+](=O)[O-])cn1C1CC1. The number of anilines is 1. The van der Waals surface area contributed by atoms with E-state index >= 15 is 0 Å². The number of aromatic nitrogens is 2. The number of rotatable bonds is 4. The van der Waals surface area contributed by atoms with E-state index in [1.165, 1.54) is 12.3 Å². The lowest BCUT2D eigenvalue weighted by molar-refractivity contribution is -0.384. The Morgan fingerprint density at radius 2 is 2.24 bits per heavy atom. The third kappa shape index (κ3) is 2.94. The van der Waals surface area contributed by atoms with Gasteiger partial charge in [0.05, 0.1) is 11.1 Å². The molecule has 0 saturated heterocycles. The molecule has 3 rings (SSSR count). The average molecular weight is 351 g/mol. The van der Waals surface area contributed by atoms with Gasteiger partial charge in [-0.25, -0.2) is 4.98 Å². The molecule has 1 fully saturated rings. The predicted octanol–water partition coefficient (Wildman–Crippen LogP) is 3.14. The number of nitro groups is 1. The molecule has 1 aliphatic rings. The van der Waals surface area contributed by atoms with Gasteiger partial charge < -0.3 is 9.88 Å². The molecular formula is C13H11BrN4O3. The minimum atomic E-state index is -0.493. The van der Waals surface area contributed by atoms with Crippen LogP contribution in [0.15, 0.2) is 35.1 Å². The molecule has 1 aliphatic carbocycles. The number of carbonyl (C=O) groups is 1. The van der Waals surface area contributed by atoms with Crippen LogP contribution in [-0.4, -0.2) is 20.4 Å². The number of amides is 1. The third-order valence-corrected chi connectivity index (χ3v) is 3.62. The van der Waals surface area contributed by atoms with Crippen LogP contribution < -0.4 is 5.32 Å². The second-order valence-electron chi connectivity index (χ2n) is 4.78. The minimum Gasteiger partial charge on any atom is -0.334 e. The van der Waals surface area contributed by atoms with Gasteiger partial charge in [-0.2, -0.15) is 0 Å². The standard InChI is InChI=1S/C13H11BrN4O3/c14-11-2-1-3-12(15-11)16-13(19)10-6-9(18(20)21)7-17(10)8-4-5-8/h1-3,6-8H,4-5H2,(H,15,16,19). The number of nitrogens with one attached hydrogen (secondary N) is 1. The van der Waals surface area contributed by atoms with Gasteiger partial charge in [0, 0.05) is 12.1 Å². The molecule has 2 aromatic rings. The van der Waals surface area contributed by atoms with E-state index in [1.807, 2.05) is 0 Å². The van der Waals surface area contributed by atoms with Gasteiger partial charge in [0.15, 0.2) is 0 Å². The van der Waals surface area contributed by atoms with Crippen LogP contribution in [0.1, 0.15) is 29.4 Å². The van der Waals surface area contributed by atoms with Crippen LogP contribution in [0.25, 0.3) is 0 Å². The summed E-state index contributed by atoms with van der Waals surface area (Å²) in [7, 11) is 0. The summed E-state index contributed by atoms with van der Waals surface area (Å²) in [6, 6.07) is 6.62. The number of pyridine rings is 1. The fourth-order valence-corrected chi connectivity index (χ4v) is 2.40. The molecule has 7 nitrogen and oxygen atoms in total. The van der Waals surface area contributed by atoms with Crippen LogP contribution in [0.2, 0.25) is 0 Å². The molecule has 1 amide bonds. The number of hydrogen-bond acceptors (Lipinski definition) is 4. The van der Waals surface area contributed by atoms with Gasteiger partial charge >= 0.3 is 0 Å². The maximum absolute atomic E-state index is 12.3. The number of carbonyl (C=O) groups excluding carboxylic acids is 1. The van der Waals surface area contributed by atoms with Crippen LogP contribution in [0.4, 0.5) is 11.5 Å². The van der Waals surface area contributed by atoms with Gasteiger partial charge in [-0.1, -0.05) is 6.07 Å². The Kier molecular flexibility index (Phi) is 3.46. The largest absolute Gasteiger partial charge is 0.334 e. The van der Waals surface area contributed by atoms with E-state index < -0.39 is 10.8 Å². The van der Waals surface area contributed by atoms with E-state index in [0.29, 0.717) is 10.4 Å². The van der Waals surface area contributed by atoms with Crippen molar-refractivity contribution in [1.29, 1.82) is 0 Å².